The predicted octanol–water partition coefficient (Wildman–Crippen LogP) is 2.49. The molecule has 0 aliphatic carbocycles. The first-order chi connectivity index (χ1) is 12.3. The maximum Gasteiger partial charge on any atom is 0.287 e. The number of aryl methyl sites for hydroxylation is 1. The Kier molecular flexibility index (Phi) is 4.75. The van der Waals surface area contributed by atoms with E-state index in [1.807, 2.05) is 4.72 Å². The van der Waals surface area contributed by atoms with Crippen LogP contribution in [0.5, 0.6) is 0 Å². The monoisotopic (exact) mass is 394 g/mol. The maximum atomic E-state index is 13.1. The highest BCUT2D eigenvalue weighted by Gasteiger charge is 2.22. The number of nitrogens with one attached hydrogen (secondary N) is 1. The number of benzene rings is 2. The lowest BCUT2D eigenvalue weighted by atomic mass is 10.2. The van der Waals surface area contributed by atoms with E-state index in [2.05, 4.69) is 10.3 Å². The van der Waals surface area contributed by atoms with Gasteiger partial charge in [0.25, 0.3) is 15.9 Å². The Morgan fingerprint density at radius 1 is 1.23 bits per heavy atom. The van der Waals surface area contributed by atoms with Crippen molar-refractivity contribution in [3.05, 3.63) is 70.8 Å². The Morgan fingerprint density at radius 2 is 1.96 bits per heavy atom. The average molecular weight is 395 g/mol. The zero-order valence-corrected chi connectivity index (χ0v) is 14.9. The standard InChI is InChI=1S/C16H12ClFN4O3S/c1-10-4-2-3-5-15(10)26(24,25)20-16(23)13-9-22(21-19-13)14-7-6-11(18)8-12(14)17/h2-9H,1H3,(H,20,23). The molecule has 1 amide bonds. The average Bonchev–Trinajstić information content (AvgIpc) is 3.04. The number of amides is 1. The Morgan fingerprint density at radius 3 is 2.65 bits per heavy atom. The summed E-state index contributed by atoms with van der Waals surface area (Å²) in [7, 11) is -4.06. The van der Waals surface area contributed by atoms with Crippen LogP contribution in [0.2, 0.25) is 5.02 Å². The minimum Gasteiger partial charge on any atom is -0.266 e. The normalized spacial score (nSPS) is 11.3. The van der Waals surface area contributed by atoms with Gasteiger partial charge in [0.1, 0.15) is 5.82 Å². The summed E-state index contributed by atoms with van der Waals surface area (Å²) in [6.45, 7) is 1.62. The number of nitrogens with zero attached hydrogens (tertiary/aromatic N) is 3. The first kappa shape index (κ1) is 18.0. The number of rotatable bonds is 4. The molecule has 1 aromatic heterocycles. The molecular formula is C16H12ClFN4O3S. The Balaban J connectivity index is 1.86. The van der Waals surface area contributed by atoms with Gasteiger partial charge in [0.05, 0.1) is 21.8 Å². The molecule has 0 saturated carbocycles. The van der Waals surface area contributed by atoms with Gasteiger partial charge in [-0.15, -0.1) is 5.10 Å². The molecule has 1 heterocycles. The SMILES string of the molecule is Cc1ccccc1S(=O)(=O)NC(=O)c1cn(-c2ccc(F)cc2Cl)nn1. The van der Waals surface area contributed by atoms with Crippen molar-refractivity contribution in [2.24, 2.45) is 0 Å². The van der Waals surface area contributed by atoms with Gasteiger partial charge >= 0.3 is 0 Å². The number of halogens is 2. The second-order valence-electron chi connectivity index (χ2n) is 5.34. The van der Waals surface area contributed by atoms with Crippen LogP contribution < -0.4 is 4.72 Å². The molecule has 0 atom stereocenters. The van der Waals surface area contributed by atoms with Crippen molar-refractivity contribution >= 4 is 27.5 Å². The fourth-order valence-electron chi connectivity index (χ4n) is 2.24. The van der Waals surface area contributed by atoms with E-state index in [0.29, 0.717) is 11.3 Å². The highest BCUT2D eigenvalue weighted by molar-refractivity contribution is 7.90. The van der Waals surface area contributed by atoms with Gasteiger partial charge in [-0.3, -0.25) is 4.79 Å². The van der Waals surface area contributed by atoms with E-state index in [1.54, 1.807) is 25.1 Å². The van der Waals surface area contributed by atoms with Crippen molar-refractivity contribution in [1.82, 2.24) is 19.7 Å². The molecule has 0 aliphatic heterocycles. The molecular weight excluding hydrogens is 383 g/mol. The van der Waals surface area contributed by atoms with Gasteiger partial charge < -0.3 is 0 Å². The molecule has 1 N–H and O–H groups in total. The van der Waals surface area contributed by atoms with Crippen molar-refractivity contribution < 1.29 is 17.6 Å². The van der Waals surface area contributed by atoms with Crippen LogP contribution in [0, 0.1) is 12.7 Å². The minimum atomic E-state index is -4.06. The van der Waals surface area contributed by atoms with Crippen LogP contribution in [0.25, 0.3) is 5.69 Å². The number of carbonyl (C=O) groups excluding carboxylic acids is 1. The van der Waals surface area contributed by atoms with Gasteiger partial charge in [-0.25, -0.2) is 22.2 Å². The Bertz CT molecular complexity index is 1100. The van der Waals surface area contributed by atoms with Crippen molar-refractivity contribution in [2.75, 3.05) is 0 Å². The summed E-state index contributed by atoms with van der Waals surface area (Å²) < 4.78 is 40.9. The summed E-state index contributed by atoms with van der Waals surface area (Å²) in [5.41, 5.74) is 0.554. The van der Waals surface area contributed by atoms with Gasteiger partial charge in [0.2, 0.25) is 0 Å². The minimum absolute atomic E-state index is 0.0117. The van der Waals surface area contributed by atoms with Crippen molar-refractivity contribution in [3.8, 4) is 5.69 Å². The highest BCUT2D eigenvalue weighted by Crippen LogP contribution is 2.21. The maximum absolute atomic E-state index is 13.1. The molecule has 2 aromatic carbocycles. The smallest absolute Gasteiger partial charge is 0.266 e. The largest absolute Gasteiger partial charge is 0.287 e. The first-order valence-corrected chi connectivity index (χ1v) is 9.14. The lowest BCUT2D eigenvalue weighted by Gasteiger charge is -2.07. The number of carbonyl (C=O) groups is 1. The Labute approximate surface area is 153 Å². The molecule has 134 valence electrons. The number of sulfonamides is 1. The lowest BCUT2D eigenvalue weighted by molar-refractivity contribution is 0.0976. The van der Waals surface area contributed by atoms with E-state index in [-0.39, 0.29) is 15.6 Å². The summed E-state index contributed by atoms with van der Waals surface area (Å²) in [5.74, 6) is -1.47. The fraction of sp³-hybridized carbons (Fsp3) is 0.0625. The van der Waals surface area contributed by atoms with Gasteiger partial charge in [0, 0.05) is 0 Å². The number of hydrogen-bond acceptors (Lipinski definition) is 5. The molecule has 0 saturated heterocycles. The third-order valence-corrected chi connectivity index (χ3v) is 5.29. The predicted molar refractivity (Wildman–Crippen MR) is 92.2 cm³/mol. The Hall–Kier alpha value is -2.78. The topological polar surface area (TPSA) is 94.0 Å². The van der Waals surface area contributed by atoms with E-state index in [4.69, 9.17) is 11.6 Å². The van der Waals surface area contributed by atoms with Crippen molar-refractivity contribution in [2.45, 2.75) is 11.8 Å². The molecule has 7 nitrogen and oxygen atoms in total. The van der Waals surface area contributed by atoms with Crippen molar-refractivity contribution in [3.63, 3.8) is 0 Å². The van der Waals surface area contributed by atoms with Crippen LogP contribution >= 0.6 is 11.6 Å². The van der Waals surface area contributed by atoms with Gasteiger partial charge in [-0.1, -0.05) is 35.0 Å². The first-order valence-electron chi connectivity index (χ1n) is 7.28. The number of aromatic nitrogens is 3. The van der Waals surface area contributed by atoms with Gasteiger partial charge in [0.15, 0.2) is 5.69 Å². The molecule has 0 aliphatic rings. The summed E-state index contributed by atoms with van der Waals surface area (Å²) in [5, 5.41) is 7.43. The summed E-state index contributed by atoms with van der Waals surface area (Å²) in [6, 6.07) is 9.86. The van der Waals surface area contributed by atoms with Gasteiger partial charge in [-0.2, -0.15) is 0 Å². The summed E-state index contributed by atoms with van der Waals surface area (Å²) >= 11 is 5.93. The molecule has 0 spiro atoms. The third-order valence-electron chi connectivity index (χ3n) is 3.49. The quantitative estimate of drug-likeness (QED) is 0.733. The molecule has 10 heteroatoms. The summed E-state index contributed by atoms with van der Waals surface area (Å²) in [4.78, 5) is 12.2. The molecule has 0 unspecified atom stereocenters. The van der Waals surface area contributed by atoms with E-state index in [9.17, 15) is 17.6 Å². The molecule has 3 rings (SSSR count). The molecule has 0 bridgehead atoms. The summed E-state index contributed by atoms with van der Waals surface area (Å²) in [6.07, 6.45) is 1.20. The number of hydrogen-bond donors (Lipinski definition) is 1. The van der Waals surface area contributed by atoms with E-state index < -0.39 is 21.7 Å². The van der Waals surface area contributed by atoms with E-state index in [0.717, 1.165) is 10.7 Å². The van der Waals surface area contributed by atoms with Crippen LogP contribution in [0.3, 0.4) is 0 Å². The zero-order chi connectivity index (χ0) is 18.9. The lowest BCUT2D eigenvalue weighted by Crippen LogP contribution is -2.31. The van der Waals surface area contributed by atoms with Crippen LogP contribution in [0.1, 0.15) is 16.1 Å². The fourth-order valence-corrected chi connectivity index (χ4v) is 3.70. The molecule has 0 radical (unpaired) electrons. The van der Waals surface area contributed by atoms with Crippen LogP contribution in [-0.2, 0) is 10.0 Å². The van der Waals surface area contributed by atoms with E-state index >= 15 is 0 Å². The van der Waals surface area contributed by atoms with Crippen LogP contribution in [0.4, 0.5) is 4.39 Å². The highest BCUT2D eigenvalue weighted by atomic mass is 35.5. The third kappa shape index (κ3) is 3.58. The van der Waals surface area contributed by atoms with Crippen molar-refractivity contribution in [1.29, 1.82) is 0 Å². The van der Waals surface area contributed by atoms with Crippen LogP contribution in [-0.4, -0.2) is 29.3 Å². The second kappa shape index (κ2) is 6.85. The van der Waals surface area contributed by atoms with Crippen LogP contribution in [0.15, 0.2) is 53.6 Å². The van der Waals surface area contributed by atoms with Gasteiger partial charge in [-0.05, 0) is 36.8 Å². The second-order valence-corrected chi connectivity index (χ2v) is 7.40. The van der Waals surface area contributed by atoms with E-state index in [1.165, 1.54) is 24.4 Å². The molecule has 0 fully saturated rings. The molecule has 26 heavy (non-hydrogen) atoms. The zero-order valence-electron chi connectivity index (χ0n) is 13.3. The molecule has 3 aromatic rings.